The number of carboxylic acid groups (broad SMARTS) is 1. The number of thiazole rings is 1. The summed E-state index contributed by atoms with van der Waals surface area (Å²) in [5, 5.41) is 9.64. The first-order chi connectivity index (χ1) is 7.56. The number of anilines is 1. The molecule has 0 fully saturated rings. The maximum absolute atomic E-state index is 10.6. The molecule has 1 N–H and O–H groups in total. The Kier molecular flexibility index (Phi) is 2.78. The number of carboxylic acids is 1. The van der Waals surface area contributed by atoms with Crippen molar-refractivity contribution < 1.29 is 9.90 Å². The maximum Gasteiger partial charge on any atom is 0.307 e. The molecule has 1 heterocycles. The Morgan fingerprint density at radius 1 is 1.50 bits per heavy atom. The van der Waals surface area contributed by atoms with Gasteiger partial charge < -0.3 is 10.0 Å². The molecule has 1 aromatic heterocycles. The summed E-state index contributed by atoms with van der Waals surface area (Å²) in [5.41, 5.74) is 1.73. The predicted molar refractivity (Wildman–Crippen MR) is 65.3 cm³/mol. The van der Waals surface area contributed by atoms with E-state index in [1.165, 1.54) is 0 Å². The lowest BCUT2D eigenvalue weighted by molar-refractivity contribution is -0.136. The van der Waals surface area contributed by atoms with Gasteiger partial charge in [-0.15, -0.1) is 0 Å². The minimum atomic E-state index is -0.809. The van der Waals surface area contributed by atoms with Crippen LogP contribution in [0.1, 0.15) is 5.56 Å². The van der Waals surface area contributed by atoms with Crippen molar-refractivity contribution in [2.24, 2.45) is 0 Å². The third-order valence-electron chi connectivity index (χ3n) is 2.18. The van der Waals surface area contributed by atoms with Gasteiger partial charge in [-0.1, -0.05) is 17.4 Å². The van der Waals surface area contributed by atoms with Crippen molar-refractivity contribution in [2.75, 3.05) is 19.0 Å². The highest BCUT2D eigenvalue weighted by Crippen LogP contribution is 2.28. The Hall–Kier alpha value is -1.62. The van der Waals surface area contributed by atoms with Crippen molar-refractivity contribution in [2.45, 2.75) is 6.42 Å². The number of carbonyl (C=O) groups is 1. The van der Waals surface area contributed by atoms with Crippen molar-refractivity contribution in [3.63, 3.8) is 0 Å². The van der Waals surface area contributed by atoms with E-state index in [0.29, 0.717) is 0 Å². The topological polar surface area (TPSA) is 53.4 Å². The molecule has 2 rings (SSSR count). The van der Waals surface area contributed by atoms with E-state index in [-0.39, 0.29) is 6.42 Å². The molecule has 0 radical (unpaired) electrons. The Morgan fingerprint density at radius 3 is 2.88 bits per heavy atom. The van der Waals surface area contributed by atoms with E-state index < -0.39 is 5.97 Å². The highest BCUT2D eigenvalue weighted by Gasteiger charge is 2.07. The smallest absolute Gasteiger partial charge is 0.307 e. The molecule has 0 aliphatic heterocycles. The van der Waals surface area contributed by atoms with Crippen LogP contribution in [0.4, 0.5) is 5.13 Å². The van der Waals surface area contributed by atoms with Crippen LogP contribution in [0.3, 0.4) is 0 Å². The fourth-order valence-corrected chi connectivity index (χ4v) is 2.38. The van der Waals surface area contributed by atoms with Crippen molar-refractivity contribution >= 4 is 32.7 Å². The molecule has 5 heteroatoms. The lowest BCUT2D eigenvalue weighted by Gasteiger charge is -2.04. The fraction of sp³-hybridized carbons (Fsp3) is 0.273. The number of rotatable bonds is 3. The standard InChI is InChI=1S/C11H12N2O2S/c1-13(2)11-12-8-4-3-7(6-10(14)15)5-9(8)16-11/h3-5H,6H2,1-2H3,(H,14,15). The van der Waals surface area contributed by atoms with Gasteiger partial charge in [0.05, 0.1) is 16.6 Å². The van der Waals surface area contributed by atoms with Gasteiger partial charge in [-0.05, 0) is 17.7 Å². The average Bonchev–Trinajstić information content (AvgIpc) is 2.59. The summed E-state index contributed by atoms with van der Waals surface area (Å²) in [4.78, 5) is 17.0. The quantitative estimate of drug-likeness (QED) is 0.885. The van der Waals surface area contributed by atoms with E-state index in [1.807, 2.05) is 37.2 Å². The second kappa shape index (κ2) is 4.09. The number of nitrogens with zero attached hydrogens (tertiary/aromatic N) is 2. The van der Waals surface area contributed by atoms with Gasteiger partial charge in [0.15, 0.2) is 5.13 Å². The molecule has 0 aliphatic rings. The van der Waals surface area contributed by atoms with E-state index in [0.717, 1.165) is 20.9 Å². The number of aromatic nitrogens is 1. The number of fused-ring (bicyclic) bond motifs is 1. The number of hydrogen-bond donors (Lipinski definition) is 1. The van der Waals surface area contributed by atoms with Crippen LogP contribution in [-0.4, -0.2) is 30.2 Å². The number of benzene rings is 1. The Morgan fingerprint density at radius 2 is 2.25 bits per heavy atom. The first-order valence-corrected chi connectivity index (χ1v) is 5.66. The van der Waals surface area contributed by atoms with Crippen LogP contribution < -0.4 is 4.90 Å². The van der Waals surface area contributed by atoms with Crippen molar-refractivity contribution in [1.29, 1.82) is 0 Å². The zero-order valence-corrected chi connectivity index (χ0v) is 9.91. The van der Waals surface area contributed by atoms with Gasteiger partial charge in [-0.2, -0.15) is 0 Å². The SMILES string of the molecule is CN(C)c1nc2ccc(CC(=O)O)cc2s1. The van der Waals surface area contributed by atoms with E-state index >= 15 is 0 Å². The first-order valence-electron chi connectivity index (χ1n) is 4.85. The first kappa shape index (κ1) is 10.9. The lowest BCUT2D eigenvalue weighted by atomic mass is 10.1. The molecule has 0 amide bonds. The monoisotopic (exact) mass is 236 g/mol. The molecule has 84 valence electrons. The molecule has 0 aliphatic carbocycles. The Bertz CT molecular complexity index is 534. The molecule has 0 atom stereocenters. The molecule has 0 saturated heterocycles. The molecular formula is C11H12N2O2S. The summed E-state index contributed by atoms with van der Waals surface area (Å²) in [6.07, 6.45) is 0.0607. The normalized spacial score (nSPS) is 10.6. The highest BCUT2D eigenvalue weighted by atomic mass is 32.1. The summed E-state index contributed by atoms with van der Waals surface area (Å²) in [7, 11) is 3.88. The Balaban J connectivity index is 2.41. The van der Waals surface area contributed by atoms with Gasteiger partial charge in [0.25, 0.3) is 0 Å². The second-order valence-corrected chi connectivity index (χ2v) is 4.77. The molecular weight excluding hydrogens is 224 g/mol. The van der Waals surface area contributed by atoms with E-state index in [2.05, 4.69) is 4.98 Å². The maximum atomic E-state index is 10.6. The third kappa shape index (κ3) is 2.14. The summed E-state index contributed by atoms with van der Waals surface area (Å²) in [5.74, 6) is -0.809. The van der Waals surface area contributed by atoms with Crippen molar-refractivity contribution in [1.82, 2.24) is 4.98 Å². The third-order valence-corrected chi connectivity index (χ3v) is 3.37. The molecule has 2 aromatic rings. The largest absolute Gasteiger partial charge is 0.481 e. The molecule has 4 nitrogen and oxygen atoms in total. The summed E-state index contributed by atoms with van der Waals surface area (Å²) in [6.45, 7) is 0. The predicted octanol–water partition coefficient (Wildman–Crippen LogP) is 1.99. The van der Waals surface area contributed by atoms with Gasteiger partial charge in [0.1, 0.15) is 0 Å². The molecule has 0 spiro atoms. The van der Waals surface area contributed by atoms with Crippen LogP contribution in [0, 0.1) is 0 Å². The van der Waals surface area contributed by atoms with Crippen LogP contribution in [0.25, 0.3) is 10.2 Å². The van der Waals surface area contributed by atoms with Crippen LogP contribution in [-0.2, 0) is 11.2 Å². The number of aliphatic carboxylic acids is 1. The van der Waals surface area contributed by atoms with Crippen molar-refractivity contribution in [3.8, 4) is 0 Å². The highest BCUT2D eigenvalue weighted by molar-refractivity contribution is 7.22. The zero-order valence-electron chi connectivity index (χ0n) is 9.10. The van der Waals surface area contributed by atoms with Gasteiger partial charge in [0, 0.05) is 14.1 Å². The average molecular weight is 236 g/mol. The van der Waals surface area contributed by atoms with Gasteiger partial charge >= 0.3 is 5.97 Å². The van der Waals surface area contributed by atoms with Crippen LogP contribution >= 0.6 is 11.3 Å². The lowest BCUT2D eigenvalue weighted by Crippen LogP contribution is -2.07. The van der Waals surface area contributed by atoms with E-state index in [1.54, 1.807) is 11.3 Å². The minimum Gasteiger partial charge on any atom is -0.481 e. The summed E-state index contributed by atoms with van der Waals surface area (Å²) >= 11 is 1.57. The van der Waals surface area contributed by atoms with E-state index in [4.69, 9.17) is 5.11 Å². The fourth-order valence-electron chi connectivity index (χ4n) is 1.43. The zero-order chi connectivity index (χ0) is 11.7. The summed E-state index contributed by atoms with van der Waals surface area (Å²) < 4.78 is 1.03. The molecule has 0 bridgehead atoms. The second-order valence-electron chi connectivity index (χ2n) is 3.76. The minimum absolute atomic E-state index is 0.0607. The molecule has 0 saturated carbocycles. The Labute approximate surface area is 97.1 Å². The van der Waals surface area contributed by atoms with Gasteiger partial charge in [-0.25, -0.2) is 4.98 Å². The number of hydrogen-bond acceptors (Lipinski definition) is 4. The van der Waals surface area contributed by atoms with Crippen LogP contribution in [0.2, 0.25) is 0 Å². The molecule has 16 heavy (non-hydrogen) atoms. The van der Waals surface area contributed by atoms with Crippen LogP contribution in [0.15, 0.2) is 18.2 Å². The molecule has 0 unspecified atom stereocenters. The van der Waals surface area contributed by atoms with Crippen molar-refractivity contribution in [3.05, 3.63) is 23.8 Å². The summed E-state index contributed by atoms with van der Waals surface area (Å²) in [6, 6.07) is 5.58. The van der Waals surface area contributed by atoms with Crippen LogP contribution in [0.5, 0.6) is 0 Å². The van der Waals surface area contributed by atoms with Gasteiger partial charge in [0.2, 0.25) is 0 Å². The van der Waals surface area contributed by atoms with Gasteiger partial charge in [-0.3, -0.25) is 4.79 Å². The molecule has 1 aromatic carbocycles. The van der Waals surface area contributed by atoms with E-state index in [9.17, 15) is 4.79 Å².